The average molecular weight is 380 g/mol. The molecule has 1 heterocycles. The number of piperidine rings is 1. The molecule has 0 unspecified atom stereocenters. The smallest absolute Gasteiger partial charge is 0.123 e. The Labute approximate surface area is 166 Å². The summed E-state index contributed by atoms with van der Waals surface area (Å²) in [6.07, 6.45) is 3.36. The van der Waals surface area contributed by atoms with Gasteiger partial charge in [0.1, 0.15) is 18.6 Å². The predicted molar refractivity (Wildman–Crippen MR) is 110 cm³/mol. The molecule has 0 spiro atoms. The lowest BCUT2D eigenvalue weighted by atomic mass is 9.66. The van der Waals surface area contributed by atoms with Crippen LogP contribution in [0.1, 0.15) is 42.5 Å². The summed E-state index contributed by atoms with van der Waals surface area (Å²) in [6, 6.07) is 16.7. The molecule has 5 heteroatoms. The number of para-hydroxylation sites is 2. The molecule has 2 aromatic rings. The summed E-state index contributed by atoms with van der Waals surface area (Å²) >= 11 is 0. The van der Waals surface area contributed by atoms with Gasteiger partial charge in [0.15, 0.2) is 0 Å². The highest BCUT2D eigenvalue weighted by Crippen LogP contribution is 2.49. The van der Waals surface area contributed by atoms with Crippen LogP contribution in [0.2, 0.25) is 0 Å². The van der Waals surface area contributed by atoms with E-state index in [2.05, 4.69) is 34.7 Å². The number of benzene rings is 2. The van der Waals surface area contributed by atoms with Crippen molar-refractivity contribution in [3.05, 3.63) is 59.7 Å². The predicted octanol–water partition coefficient (Wildman–Crippen LogP) is 4.51. The van der Waals surface area contributed by atoms with Crippen LogP contribution in [0, 0.1) is 11.8 Å². The van der Waals surface area contributed by atoms with Gasteiger partial charge in [-0.05, 0) is 25.0 Å². The summed E-state index contributed by atoms with van der Waals surface area (Å²) in [4.78, 5) is 5.30. The first kappa shape index (κ1) is 18.8. The molecule has 4 atom stereocenters. The number of hydrogen-bond donors (Lipinski definition) is 1. The van der Waals surface area contributed by atoms with E-state index < -0.39 is 0 Å². The fraction of sp³-hybridized carbons (Fsp3) is 0.435. The molecule has 1 saturated heterocycles. The Morgan fingerprint density at radius 3 is 1.75 bits per heavy atom. The number of rotatable bonds is 5. The molecule has 5 nitrogen and oxygen atoms in total. The van der Waals surface area contributed by atoms with Gasteiger partial charge >= 0.3 is 0 Å². The molecule has 1 aliphatic carbocycles. The van der Waals surface area contributed by atoms with E-state index in [1.807, 2.05) is 24.3 Å². The van der Waals surface area contributed by atoms with Gasteiger partial charge in [-0.15, -0.1) is 0 Å². The van der Waals surface area contributed by atoms with E-state index >= 15 is 0 Å². The van der Waals surface area contributed by atoms with Gasteiger partial charge in [-0.25, -0.2) is 0 Å². The summed E-state index contributed by atoms with van der Waals surface area (Å²) in [7, 11) is 5.10. The molecule has 4 rings (SSSR count). The monoisotopic (exact) mass is 380 g/mol. The third kappa shape index (κ3) is 3.24. The molecular weight excluding hydrogens is 352 g/mol. The normalized spacial score (nSPS) is 28.0. The lowest BCUT2D eigenvalue weighted by Crippen LogP contribution is -2.50. The molecule has 2 aromatic carbocycles. The van der Waals surface area contributed by atoms with E-state index in [0.717, 1.165) is 30.1 Å². The minimum Gasteiger partial charge on any atom is -0.496 e. The summed E-state index contributed by atoms with van der Waals surface area (Å²) in [6.45, 7) is 0. The van der Waals surface area contributed by atoms with Crippen molar-refractivity contribution in [2.24, 2.45) is 17.0 Å². The van der Waals surface area contributed by atoms with Crippen molar-refractivity contribution in [1.82, 2.24) is 5.32 Å². The van der Waals surface area contributed by atoms with E-state index in [1.54, 1.807) is 21.3 Å². The highest BCUT2D eigenvalue weighted by Gasteiger charge is 2.46. The van der Waals surface area contributed by atoms with Gasteiger partial charge in [0.2, 0.25) is 0 Å². The Morgan fingerprint density at radius 1 is 0.786 bits per heavy atom. The summed E-state index contributed by atoms with van der Waals surface area (Å²) in [5.41, 5.74) is 3.48. The van der Waals surface area contributed by atoms with Crippen LogP contribution in [0.4, 0.5) is 0 Å². The minimum atomic E-state index is 0.108. The first-order valence-electron chi connectivity index (χ1n) is 9.91. The Kier molecular flexibility index (Phi) is 5.53. The first-order chi connectivity index (χ1) is 13.8. The Hall–Kier alpha value is -2.53. The van der Waals surface area contributed by atoms with Crippen molar-refractivity contribution in [3.63, 3.8) is 0 Å². The number of methoxy groups -OCH3 is 2. The van der Waals surface area contributed by atoms with Crippen LogP contribution in [0.3, 0.4) is 0 Å². The van der Waals surface area contributed by atoms with Gasteiger partial charge in [-0.1, -0.05) is 48.0 Å². The zero-order chi connectivity index (χ0) is 19.5. The highest BCUT2D eigenvalue weighted by atomic mass is 16.6. The number of nitrogens with zero attached hydrogens (tertiary/aromatic N) is 1. The number of ether oxygens (including phenoxy) is 2. The third-order valence-electron chi connectivity index (χ3n) is 6.10. The molecule has 2 bridgehead atoms. The fourth-order valence-corrected chi connectivity index (χ4v) is 4.93. The van der Waals surface area contributed by atoms with Crippen LogP contribution >= 0.6 is 0 Å². The molecule has 2 aliphatic rings. The van der Waals surface area contributed by atoms with E-state index in [0.29, 0.717) is 11.8 Å². The van der Waals surface area contributed by atoms with Crippen LogP contribution in [-0.4, -0.2) is 27.0 Å². The fourth-order valence-electron chi connectivity index (χ4n) is 4.93. The third-order valence-corrected chi connectivity index (χ3v) is 6.10. The second-order valence-electron chi connectivity index (χ2n) is 7.45. The Bertz CT molecular complexity index is 788. The lowest BCUT2D eigenvalue weighted by molar-refractivity contribution is 0.178. The second-order valence-corrected chi connectivity index (χ2v) is 7.45. The highest BCUT2D eigenvalue weighted by molar-refractivity contribution is 5.92. The van der Waals surface area contributed by atoms with Crippen molar-refractivity contribution in [3.8, 4) is 11.5 Å². The minimum absolute atomic E-state index is 0.108. The van der Waals surface area contributed by atoms with Crippen molar-refractivity contribution in [2.75, 3.05) is 21.3 Å². The standard InChI is InChI=1S/C23H28N2O3/c1-26-19-13-6-4-9-15(19)21-17-11-8-12-18(23(17)25-28-3)22(24-21)16-10-5-7-14-20(16)27-2/h4-7,9-10,13-14,17-18,21-22,24H,8,11-12H2,1-3H3/t17-,18+,21+,22-. The van der Waals surface area contributed by atoms with Gasteiger partial charge in [0, 0.05) is 35.0 Å². The topological polar surface area (TPSA) is 52.1 Å². The van der Waals surface area contributed by atoms with E-state index in [4.69, 9.17) is 14.3 Å². The van der Waals surface area contributed by atoms with E-state index in [1.165, 1.54) is 17.5 Å². The van der Waals surface area contributed by atoms with Crippen molar-refractivity contribution >= 4 is 5.71 Å². The van der Waals surface area contributed by atoms with Gasteiger partial charge in [0.05, 0.1) is 19.9 Å². The molecule has 2 fully saturated rings. The van der Waals surface area contributed by atoms with Gasteiger partial charge < -0.3 is 19.6 Å². The lowest BCUT2D eigenvalue weighted by Gasteiger charge is -2.47. The van der Waals surface area contributed by atoms with Gasteiger partial charge in [0.25, 0.3) is 0 Å². The van der Waals surface area contributed by atoms with Crippen LogP contribution < -0.4 is 14.8 Å². The maximum Gasteiger partial charge on any atom is 0.123 e. The van der Waals surface area contributed by atoms with Crippen LogP contribution in [-0.2, 0) is 4.84 Å². The van der Waals surface area contributed by atoms with E-state index in [-0.39, 0.29) is 12.1 Å². The van der Waals surface area contributed by atoms with Crippen LogP contribution in [0.15, 0.2) is 53.7 Å². The van der Waals surface area contributed by atoms with Crippen molar-refractivity contribution in [2.45, 2.75) is 31.3 Å². The first-order valence-corrected chi connectivity index (χ1v) is 9.91. The van der Waals surface area contributed by atoms with Gasteiger partial charge in [-0.2, -0.15) is 0 Å². The second kappa shape index (κ2) is 8.23. The largest absolute Gasteiger partial charge is 0.496 e. The quantitative estimate of drug-likeness (QED) is 0.776. The molecule has 28 heavy (non-hydrogen) atoms. The molecule has 0 radical (unpaired) electrons. The van der Waals surface area contributed by atoms with Crippen LogP contribution in [0.5, 0.6) is 11.5 Å². The van der Waals surface area contributed by atoms with Crippen molar-refractivity contribution < 1.29 is 14.3 Å². The van der Waals surface area contributed by atoms with Gasteiger partial charge in [-0.3, -0.25) is 0 Å². The Balaban J connectivity index is 1.83. The average Bonchev–Trinajstić information content (AvgIpc) is 2.74. The molecule has 1 aliphatic heterocycles. The summed E-state index contributed by atoms with van der Waals surface area (Å²) < 4.78 is 11.4. The maximum atomic E-state index is 5.68. The molecule has 148 valence electrons. The number of fused-ring (bicyclic) bond motifs is 2. The number of hydrogen-bond acceptors (Lipinski definition) is 5. The van der Waals surface area contributed by atoms with Crippen LogP contribution in [0.25, 0.3) is 0 Å². The number of nitrogens with one attached hydrogen (secondary N) is 1. The molecular formula is C23H28N2O3. The Morgan fingerprint density at radius 2 is 1.29 bits per heavy atom. The summed E-state index contributed by atoms with van der Waals surface area (Å²) in [5, 5.41) is 8.46. The van der Waals surface area contributed by atoms with Crippen molar-refractivity contribution in [1.29, 1.82) is 0 Å². The maximum absolute atomic E-state index is 5.68. The molecule has 0 aromatic heterocycles. The number of oxime groups is 1. The summed E-state index contributed by atoms with van der Waals surface area (Å²) in [5.74, 6) is 2.39. The van der Waals surface area contributed by atoms with E-state index in [9.17, 15) is 0 Å². The molecule has 0 amide bonds. The zero-order valence-electron chi connectivity index (χ0n) is 16.7. The zero-order valence-corrected chi connectivity index (χ0v) is 16.7. The SMILES string of the molecule is CON=C1[C@H]2CCC[C@@H]1[C@H](c1ccccc1OC)N[C@@H]2c1ccccc1OC. The molecule has 1 saturated carbocycles. The molecule has 1 N–H and O–H groups in total.